The van der Waals surface area contributed by atoms with E-state index in [0.717, 1.165) is 39.8 Å². The summed E-state index contributed by atoms with van der Waals surface area (Å²) in [6.07, 6.45) is 12.7. The van der Waals surface area contributed by atoms with Crippen molar-refractivity contribution in [1.29, 1.82) is 0 Å². The Balaban J connectivity index is 1.44. The van der Waals surface area contributed by atoms with Gasteiger partial charge in [-0.25, -0.2) is 9.97 Å². The third-order valence-electron chi connectivity index (χ3n) is 5.82. The van der Waals surface area contributed by atoms with E-state index in [1.807, 2.05) is 43.0 Å². The lowest BCUT2D eigenvalue weighted by Gasteiger charge is -2.33. The molecule has 7 nitrogen and oxygen atoms in total. The number of likely N-dealkylation sites (tertiary alicyclic amines) is 1. The highest BCUT2D eigenvalue weighted by atomic mass is 32.1. The highest BCUT2D eigenvalue weighted by Gasteiger charge is 2.22. The molecule has 1 unspecified atom stereocenters. The molecular weight excluding hydrogens is 394 g/mol. The summed E-state index contributed by atoms with van der Waals surface area (Å²) >= 11 is 1.83. The first-order chi connectivity index (χ1) is 14.7. The van der Waals surface area contributed by atoms with Crippen LogP contribution in [0.25, 0.3) is 16.9 Å². The Morgan fingerprint density at radius 3 is 2.83 bits per heavy atom. The van der Waals surface area contributed by atoms with E-state index in [1.165, 1.54) is 37.2 Å². The molecule has 1 aliphatic heterocycles. The number of nitrogens with one attached hydrogen (secondary N) is 2. The fourth-order valence-corrected chi connectivity index (χ4v) is 5.51. The average Bonchev–Trinajstić information content (AvgIpc) is 3.50. The molecule has 4 aromatic rings. The lowest BCUT2D eigenvalue weighted by atomic mass is 10.1. The lowest BCUT2D eigenvalue weighted by molar-refractivity contribution is 0.162. The summed E-state index contributed by atoms with van der Waals surface area (Å²) in [7, 11) is 0. The molecule has 0 spiro atoms. The van der Waals surface area contributed by atoms with Crippen molar-refractivity contribution in [2.45, 2.75) is 45.6 Å². The fourth-order valence-electron chi connectivity index (χ4n) is 4.38. The predicted octanol–water partition coefficient (Wildman–Crippen LogP) is 5.17. The molecule has 0 amide bonds. The molecular formula is C22H27N7S. The lowest BCUT2D eigenvalue weighted by Crippen LogP contribution is -2.33. The van der Waals surface area contributed by atoms with E-state index in [1.54, 1.807) is 0 Å². The molecule has 2 N–H and O–H groups in total. The van der Waals surface area contributed by atoms with E-state index in [4.69, 9.17) is 4.98 Å². The van der Waals surface area contributed by atoms with E-state index < -0.39 is 0 Å². The minimum atomic E-state index is 0.510. The van der Waals surface area contributed by atoms with E-state index in [0.29, 0.717) is 6.04 Å². The molecule has 5 rings (SSSR count). The van der Waals surface area contributed by atoms with Crippen molar-refractivity contribution in [2.75, 3.05) is 18.4 Å². The van der Waals surface area contributed by atoms with Crippen molar-refractivity contribution in [3.8, 4) is 11.3 Å². The number of thiophene rings is 1. The zero-order chi connectivity index (χ0) is 20.5. The Morgan fingerprint density at radius 2 is 2.07 bits per heavy atom. The van der Waals surface area contributed by atoms with Gasteiger partial charge in [0.2, 0.25) is 0 Å². The van der Waals surface area contributed by atoms with Gasteiger partial charge in [0.15, 0.2) is 11.5 Å². The number of rotatable bonds is 6. The SMILES string of the molecule is CCC(c1ccc(Nc2nc(C)cn3c(-c4cn[nH]c4)cnc23)s1)N1CCCCC1. The number of piperidine rings is 1. The smallest absolute Gasteiger partial charge is 0.180 e. The second kappa shape index (κ2) is 8.20. The van der Waals surface area contributed by atoms with Crippen molar-refractivity contribution < 1.29 is 0 Å². The maximum Gasteiger partial charge on any atom is 0.180 e. The molecule has 4 aromatic heterocycles. The zero-order valence-corrected chi connectivity index (χ0v) is 18.2. The number of aromatic nitrogens is 5. The highest BCUT2D eigenvalue weighted by Crippen LogP contribution is 2.36. The Labute approximate surface area is 180 Å². The van der Waals surface area contributed by atoms with Crippen LogP contribution in [0, 0.1) is 6.92 Å². The van der Waals surface area contributed by atoms with Gasteiger partial charge in [-0.15, -0.1) is 11.3 Å². The van der Waals surface area contributed by atoms with Crippen LogP contribution in [0.3, 0.4) is 0 Å². The number of anilines is 2. The van der Waals surface area contributed by atoms with Gasteiger partial charge in [0.05, 0.1) is 28.8 Å². The Morgan fingerprint density at radius 1 is 1.20 bits per heavy atom. The Kier molecular flexibility index (Phi) is 5.26. The number of nitrogens with zero attached hydrogens (tertiary/aromatic N) is 5. The van der Waals surface area contributed by atoms with Crippen molar-refractivity contribution in [1.82, 2.24) is 29.5 Å². The number of H-pyrrole nitrogens is 1. The molecule has 1 atom stereocenters. The van der Waals surface area contributed by atoms with Gasteiger partial charge in [0, 0.05) is 28.9 Å². The van der Waals surface area contributed by atoms with Gasteiger partial charge in [0.1, 0.15) is 0 Å². The average molecular weight is 422 g/mol. The van der Waals surface area contributed by atoms with Gasteiger partial charge in [-0.05, 0) is 51.4 Å². The van der Waals surface area contributed by atoms with E-state index in [-0.39, 0.29) is 0 Å². The third kappa shape index (κ3) is 3.61. The summed E-state index contributed by atoms with van der Waals surface area (Å²) in [4.78, 5) is 13.4. The summed E-state index contributed by atoms with van der Waals surface area (Å²) in [5.74, 6) is 0.782. The van der Waals surface area contributed by atoms with Gasteiger partial charge in [0.25, 0.3) is 0 Å². The maximum absolute atomic E-state index is 4.73. The van der Waals surface area contributed by atoms with Crippen LogP contribution >= 0.6 is 11.3 Å². The van der Waals surface area contributed by atoms with Crippen molar-refractivity contribution in [2.24, 2.45) is 0 Å². The maximum atomic E-state index is 4.73. The molecule has 8 heteroatoms. The summed E-state index contributed by atoms with van der Waals surface area (Å²) < 4.78 is 2.08. The fraction of sp³-hybridized carbons (Fsp3) is 0.409. The van der Waals surface area contributed by atoms with Crippen LogP contribution in [0.1, 0.15) is 49.2 Å². The molecule has 5 heterocycles. The summed E-state index contributed by atoms with van der Waals surface area (Å²) in [6.45, 7) is 6.72. The Hall–Kier alpha value is -2.71. The standard InChI is InChI=1S/C22H27N7S/c1-3-17(28-9-5-4-6-10-28)19-7-8-20(30-19)27-21-22-23-13-18(16-11-24-25-12-16)29(22)14-15(2)26-21/h7-8,11-14,17H,3-6,9-10H2,1-2H3,(H,24,25)(H,26,27). The van der Waals surface area contributed by atoms with Crippen molar-refractivity contribution >= 4 is 27.8 Å². The van der Waals surface area contributed by atoms with Crippen LogP contribution in [0.2, 0.25) is 0 Å². The Bertz CT molecular complexity index is 1120. The number of aromatic amines is 1. The minimum Gasteiger partial charge on any atom is -0.329 e. The van der Waals surface area contributed by atoms with E-state index in [9.17, 15) is 0 Å². The number of aryl methyl sites for hydroxylation is 1. The van der Waals surface area contributed by atoms with Gasteiger partial charge < -0.3 is 5.32 Å². The normalized spacial score (nSPS) is 16.2. The van der Waals surface area contributed by atoms with Crippen molar-refractivity contribution in [3.05, 3.63) is 47.5 Å². The second-order valence-electron chi connectivity index (χ2n) is 7.90. The van der Waals surface area contributed by atoms with Gasteiger partial charge in [-0.3, -0.25) is 14.4 Å². The monoisotopic (exact) mass is 421 g/mol. The highest BCUT2D eigenvalue weighted by molar-refractivity contribution is 7.16. The zero-order valence-electron chi connectivity index (χ0n) is 17.4. The summed E-state index contributed by atoms with van der Waals surface area (Å²) in [5, 5.41) is 11.6. The summed E-state index contributed by atoms with van der Waals surface area (Å²) in [5.41, 5.74) is 3.75. The van der Waals surface area contributed by atoms with Crippen molar-refractivity contribution in [3.63, 3.8) is 0 Å². The molecule has 30 heavy (non-hydrogen) atoms. The largest absolute Gasteiger partial charge is 0.329 e. The van der Waals surface area contributed by atoms with E-state index in [2.05, 4.69) is 48.9 Å². The summed E-state index contributed by atoms with van der Waals surface area (Å²) in [6, 6.07) is 4.95. The molecule has 0 aliphatic carbocycles. The molecule has 0 aromatic carbocycles. The molecule has 0 saturated carbocycles. The minimum absolute atomic E-state index is 0.510. The van der Waals surface area contributed by atoms with Crippen LogP contribution in [0.5, 0.6) is 0 Å². The third-order valence-corrected chi connectivity index (χ3v) is 6.92. The predicted molar refractivity (Wildman–Crippen MR) is 121 cm³/mol. The number of hydrogen-bond acceptors (Lipinski definition) is 6. The number of hydrogen-bond donors (Lipinski definition) is 2. The van der Waals surface area contributed by atoms with Crippen LogP contribution in [-0.4, -0.2) is 42.6 Å². The van der Waals surface area contributed by atoms with E-state index >= 15 is 0 Å². The van der Waals surface area contributed by atoms with Gasteiger partial charge in [-0.2, -0.15) is 5.10 Å². The second-order valence-corrected chi connectivity index (χ2v) is 9.02. The molecule has 1 aliphatic rings. The molecule has 0 bridgehead atoms. The first-order valence-electron chi connectivity index (χ1n) is 10.7. The molecule has 1 fully saturated rings. The topological polar surface area (TPSA) is 74.1 Å². The van der Waals surface area contributed by atoms with Crippen LogP contribution < -0.4 is 5.32 Å². The van der Waals surface area contributed by atoms with Crippen LogP contribution in [0.4, 0.5) is 10.8 Å². The quantitative estimate of drug-likeness (QED) is 0.449. The van der Waals surface area contributed by atoms with Crippen LogP contribution in [0.15, 0.2) is 36.9 Å². The number of imidazole rings is 1. The molecule has 0 radical (unpaired) electrons. The molecule has 156 valence electrons. The first-order valence-corrected chi connectivity index (χ1v) is 11.5. The first kappa shape index (κ1) is 19.3. The molecule has 1 saturated heterocycles. The van der Waals surface area contributed by atoms with Gasteiger partial charge in [-0.1, -0.05) is 13.3 Å². The van der Waals surface area contributed by atoms with Crippen LogP contribution in [-0.2, 0) is 0 Å². The van der Waals surface area contributed by atoms with Gasteiger partial charge >= 0.3 is 0 Å². The number of fused-ring (bicyclic) bond motifs is 1.